The summed E-state index contributed by atoms with van der Waals surface area (Å²) in [6.45, 7) is 4.24. The van der Waals surface area contributed by atoms with Crippen molar-refractivity contribution in [3.8, 4) is 5.75 Å². The molecule has 2 aromatic rings. The normalized spacial score (nSPS) is 12.4. The van der Waals surface area contributed by atoms with Gasteiger partial charge in [0.05, 0.1) is 17.5 Å². The van der Waals surface area contributed by atoms with E-state index in [0.29, 0.717) is 12.4 Å². The average Bonchev–Trinajstić information content (AvgIpc) is 2.76. The summed E-state index contributed by atoms with van der Waals surface area (Å²) in [5, 5.41) is 14.2. The SMILES string of the molecule is CCc1cc(COc2cc(Br)ccc2C(C)O)n(C)n1. The third-order valence-corrected chi connectivity index (χ3v) is 3.68. The molecule has 0 radical (unpaired) electrons. The summed E-state index contributed by atoms with van der Waals surface area (Å²) in [5.41, 5.74) is 2.85. The summed E-state index contributed by atoms with van der Waals surface area (Å²) in [6.07, 6.45) is 0.347. The molecule has 0 fully saturated rings. The second-order valence-corrected chi connectivity index (χ2v) is 5.67. The summed E-state index contributed by atoms with van der Waals surface area (Å²) >= 11 is 3.42. The van der Waals surface area contributed by atoms with Gasteiger partial charge >= 0.3 is 0 Å². The fourth-order valence-electron chi connectivity index (χ4n) is 2.01. The number of aromatic nitrogens is 2. The first-order chi connectivity index (χ1) is 9.51. The van der Waals surface area contributed by atoms with Gasteiger partial charge in [-0.05, 0) is 31.5 Å². The third-order valence-electron chi connectivity index (χ3n) is 3.19. The van der Waals surface area contributed by atoms with Crippen molar-refractivity contribution in [3.05, 3.63) is 45.7 Å². The molecule has 0 aliphatic carbocycles. The first-order valence-electron chi connectivity index (χ1n) is 6.63. The van der Waals surface area contributed by atoms with Gasteiger partial charge < -0.3 is 9.84 Å². The number of aryl methyl sites for hydroxylation is 2. The molecular weight excluding hydrogens is 320 g/mol. The molecule has 20 heavy (non-hydrogen) atoms. The van der Waals surface area contributed by atoms with Gasteiger partial charge in [-0.1, -0.05) is 28.9 Å². The maximum atomic E-state index is 9.78. The van der Waals surface area contributed by atoms with E-state index < -0.39 is 6.10 Å². The summed E-state index contributed by atoms with van der Waals surface area (Å²) in [5.74, 6) is 0.689. The predicted octanol–water partition coefficient (Wildman–Crippen LogP) is 3.38. The largest absolute Gasteiger partial charge is 0.487 e. The summed E-state index contributed by atoms with van der Waals surface area (Å²) < 4.78 is 8.61. The zero-order valence-electron chi connectivity index (χ0n) is 11.9. The standard InChI is InChI=1S/C15H19BrN2O2/c1-4-12-8-13(18(3)17-12)9-20-15-7-11(16)5-6-14(15)10(2)19/h5-8,10,19H,4,9H2,1-3H3. The molecule has 5 heteroatoms. The highest BCUT2D eigenvalue weighted by Crippen LogP contribution is 2.29. The zero-order chi connectivity index (χ0) is 14.7. The van der Waals surface area contributed by atoms with Crippen LogP contribution in [-0.2, 0) is 20.1 Å². The Morgan fingerprint density at radius 2 is 2.15 bits per heavy atom. The van der Waals surface area contributed by atoms with Crippen LogP contribution < -0.4 is 4.74 Å². The van der Waals surface area contributed by atoms with Crippen LogP contribution in [0.5, 0.6) is 5.75 Å². The number of halogens is 1. The Labute approximate surface area is 127 Å². The minimum Gasteiger partial charge on any atom is -0.487 e. The van der Waals surface area contributed by atoms with E-state index in [0.717, 1.165) is 27.8 Å². The zero-order valence-corrected chi connectivity index (χ0v) is 13.5. The van der Waals surface area contributed by atoms with Crippen molar-refractivity contribution in [2.24, 2.45) is 7.05 Å². The lowest BCUT2D eigenvalue weighted by Crippen LogP contribution is -2.05. The molecule has 4 nitrogen and oxygen atoms in total. The van der Waals surface area contributed by atoms with Gasteiger partial charge in [0.15, 0.2) is 0 Å². The predicted molar refractivity (Wildman–Crippen MR) is 81.7 cm³/mol. The van der Waals surface area contributed by atoms with E-state index in [1.54, 1.807) is 6.92 Å². The molecule has 1 aromatic carbocycles. The van der Waals surface area contributed by atoms with Crippen LogP contribution in [0.4, 0.5) is 0 Å². The van der Waals surface area contributed by atoms with Crippen molar-refractivity contribution < 1.29 is 9.84 Å². The second-order valence-electron chi connectivity index (χ2n) is 4.75. The van der Waals surface area contributed by atoms with Gasteiger partial charge in [0.2, 0.25) is 0 Å². The molecule has 1 N–H and O–H groups in total. The van der Waals surface area contributed by atoms with Gasteiger partial charge in [0.25, 0.3) is 0 Å². The molecule has 0 aliphatic heterocycles. The molecule has 108 valence electrons. The van der Waals surface area contributed by atoms with Crippen molar-refractivity contribution in [2.75, 3.05) is 0 Å². The van der Waals surface area contributed by atoms with Crippen molar-refractivity contribution in [1.29, 1.82) is 0 Å². The lowest BCUT2D eigenvalue weighted by atomic mass is 10.1. The van der Waals surface area contributed by atoms with Crippen molar-refractivity contribution in [2.45, 2.75) is 33.0 Å². The lowest BCUT2D eigenvalue weighted by molar-refractivity contribution is 0.189. The Bertz CT molecular complexity index is 594. The van der Waals surface area contributed by atoms with Gasteiger partial charge in [0, 0.05) is 17.1 Å². The van der Waals surface area contributed by atoms with E-state index in [9.17, 15) is 5.11 Å². The number of hydrogen-bond acceptors (Lipinski definition) is 3. The molecule has 0 saturated carbocycles. The molecule has 0 saturated heterocycles. The Kier molecular flexibility index (Phi) is 4.83. The van der Waals surface area contributed by atoms with Crippen molar-refractivity contribution >= 4 is 15.9 Å². The highest BCUT2D eigenvalue weighted by molar-refractivity contribution is 9.10. The molecular formula is C15H19BrN2O2. The van der Waals surface area contributed by atoms with Crippen LogP contribution >= 0.6 is 15.9 Å². The monoisotopic (exact) mass is 338 g/mol. The van der Waals surface area contributed by atoms with Gasteiger partial charge in [-0.25, -0.2) is 0 Å². The summed E-state index contributed by atoms with van der Waals surface area (Å²) in [7, 11) is 1.91. The molecule has 1 heterocycles. The summed E-state index contributed by atoms with van der Waals surface area (Å²) in [6, 6.07) is 7.68. The Morgan fingerprint density at radius 1 is 1.40 bits per heavy atom. The molecule has 0 bridgehead atoms. The maximum Gasteiger partial charge on any atom is 0.130 e. The Morgan fingerprint density at radius 3 is 2.75 bits per heavy atom. The van der Waals surface area contributed by atoms with E-state index in [2.05, 4.69) is 28.0 Å². The van der Waals surface area contributed by atoms with Crippen LogP contribution in [0, 0.1) is 0 Å². The number of aliphatic hydroxyl groups is 1. The second kappa shape index (κ2) is 6.41. The molecule has 0 aliphatic rings. The van der Waals surface area contributed by atoms with Crippen LogP contribution in [0.15, 0.2) is 28.7 Å². The first kappa shape index (κ1) is 15.1. The molecule has 2 rings (SSSR count). The van der Waals surface area contributed by atoms with Crippen molar-refractivity contribution in [1.82, 2.24) is 9.78 Å². The van der Waals surface area contributed by atoms with Gasteiger partial charge in [0.1, 0.15) is 12.4 Å². The van der Waals surface area contributed by atoms with E-state index in [-0.39, 0.29) is 0 Å². The number of nitrogens with zero attached hydrogens (tertiary/aromatic N) is 2. The average molecular weight is 339 g/mol. The van der Waals surface area contributed by atoms with Crippen LogP contribution in [0.3, 0.4) is 0 Å². The summed E-state index contributed by atoms with van der Waals surface area (Å²) in [4.78, 5) is 0. The number of hydrogen-bond donors (Lipinski definition) is 1. The smallest absolute Gasteiger partial charge is 0.130 e. The van der Waals surface area contributed by atoms with Gasteiger partial charge in [-0.15, -0.1) is 0 Å². The molecule has 1 atom stereocenters. The molecule has 0 spiro atoms. The highest BCUT2D eigenvalue weighted by atomic mass is 79.9. The van der Waals surface area contributed by atoms with Crippen LogP contribution in [0.25, 0.3) is 0 Å². The minimum atomic E-state index is -0.559. The van der Waals surface area contributed by atoms with Gasteiger partial charge in [-0.3, -0.25) is 4.68 Å². The quantitative estimate of drug-likeness (QED) is 0.908. The lowest BCUT2D eigenvalue weighted by Gasteiger charge is -2.14. The topological polar surface area (TPSA) is 47.3 Å². The van der Waals surface area contributed by atoms with Crippen LogP contribution in [0.2, 0.25) is 0 Å². The van der Waals surface area contributed by atoms with Crippen LogP contribution in [0.1, 0.15) is 36.9 Å². The fourth-order valence-corrected chi connectivity index (χ4v) is 2.35. The van der Waals surface area contributed by atoms with E-state index in [1.165, 1.54) is 0 Å². The highest BCUT2D eigenvalue weighted by Gasteiger charge is 2.11. The Hall–Kier alpha value is -1.33. The van der Waals surface area contributed by atoms with Gasteiger partial charge in [-0.2, -0.15) is 5.10 Å². The van der Waals surface area contributed by atoms with Crippen molar-refractivity contribution in [3.63, 3.8) is 0 Å². The minimum absolute atomic E-state index is 0.430. The number of benzene rings is 1. The van der Waals surface area contributed by atoms with Crippen LogP contribution in [-0.4, -0.2) is 14.9 Å². The first-order valence-corrected chi connectivity index (χ1v) is 7.42. The molecule has 1 unspecified atom stereocenters. The van der Waals surface area contributed by atoms with E-state index in [4.69, 9.17) is 4.74 Å². The Balaban J connectivity index is 2.17. The molecule has 0 amide bonds. The number of ether oxygens (including phenoxy) is 1. The number of rotatable bonds is 5. The molecule has 1 aromatic heterocycles. The fraction of sp³-hybridized carbons (Fsp3) is 0.400. The maximum absolute atomic E-state index is 9.78. The third kappa shape index (κ3) is 3.41. The number of aliphatic hydroxyl groups excluding tert-OH is 1. The van der Waals surface area contributed by atoms with E-state index >= 15 is 0 Å². The van der Waals surface area contributed by atoms with E-state index in [1.807, 2.05) is 36.0 Å².